The number of para-hydroxylation sites is 1. The molecule has 0 radical (unpaired) electrons. The number of aliphatic carboxylic acids is 1. The highest BCUT2D eigenvalue weighted by Gasteiger charge is 2.19. The first-order chi connectivity index (χ1) is 10.1. The molecule has 0 aliphatic rings. The van der Waals surface area contributed by atoms with Crippen LogP contribution >= 0.6 is 0 Å². The lowest BCUT2D eigenvalue weighted by Gasteiger charge is -2.21. The van der Waals surface area contributed by atoms with Gasteiger partial charge in [-0.25, -0.2) is 4.98 Å². The van der Waals surface area contributed by atoms with Gasteiger partial charge in [-0.3, -0.25) is 14.6 Å². The average Bonchev–Trinajstić information content (AvgIpc) is 2.49. The largest absolute Gasteiger partial charge is 0.481 e. The Bertz CT molecular complexity index is 626. The molecule has 108 valence electrons. The lowest BCUT2D eigenvalue weighted by atomic mass is 10.2. The number of carbonyl (C=O) groups excluding carboxylic acids is 1. The van der Waals surface area contributed by atoms with E-state index >= 15 is 0 Å². The number of hydrogen-bond donors (Lipinski definition) is 1. The summed E-state index contributed by atoms with van der Waals surface area (Å²) in [5.41, 5.74) is 1.53. The summed E-state index contributed by atoms with van der Waals surface area (Å²) < 4.78 is 0. The number of carboxylic acids is 1. The van der Waals surface area contributed by atoms with Crippen molar-refractivity contribution in [1.82, 2.24) is 9.97 Å². The second kappa shape index (κ2) is 6.60. The summed E-state index contributed by atoms with van der Waals surface area (Å²) in [4.78, 5) is 32.8. The lowest BCUT2D eigenvalue weighted by molar-refractivity contribution is -0.136. The third-order valence-electron chi connectivity index (χ3n) is 2.86. The van der Waals surface area contributed by atoms with Gasteiger partial charge in [0.05, 0.1) is 18.3 Å². The van der Waals surface area contributed by atoms with Gasteiger partial charge in [-0.05, 0) is 19.1 Å². The topological polar surface area (TPSA) is 83.4 Å². The number of carbonyl (C=O) groups is 2. The van der Waals surface area contributed by atoms with E-state index in [9.17, 15) is 9.59 Å². The molecule has 0 bridgehead atoms. The molecule has 0 saturated heterocycles. The molecule has 6 nitrogen and oxygen atoms in total. The number of anilines is 1. The highest BCUT2D eigenvalue weighted by Crippen LogP contribution is 2.16. The summed E-state index contributed by atoms with van der Waals surface area (Å²) in [6.07, 6.45) is 2.77. The van der Waals surface area contributed by atoms with Crippen molar-refractivity contribution in [2.24, 2.45) is 0 Å². The fourth-order valence-corrected chi connectivity index (χ4v) is 1.80. The Morgan fingerprint density at radius 3 is 2.43 bits per heavy atom. The summed E-state index contributed by atoms with van der Waals surface area (Å²) in [6.45, 7) is 1.86. The van der Waals surface area contributed by atoms with Crippen LogP contribution in [-0.4, -0.2) is 33.5 Å². The van der Waals surface area contributed by atoms with Crippen LogP contribution in [-0.2, 0) is 4.79 Å². The molecule has 0 aliphatic heterocycles. The molecule has 0 unspecified atom stereocenters. The van der Waals surface area contributed by atoms with Gasteiger partial charge in [-0.2, -0.15) is 0 Å². The lowest BCUT2D eigenvalue weighted by Crippen LogP contribution is -2.33. The molecule has 2 rings (SSSR count). The van der Waals surface area contributed by atoms with E-state index in [1.807, 2.05) is 6.07 Å². The highest BCUT2D eigenvalue weighted by atomic mass is 16.4. The number of amides is 1. The summed E-state index contributed by atoms with van der Waals surface area (Å²) in [5.74, 6) is -1.33. The van der Waals surface area contributed by atoms with Crippen LogP contribution < -0.4 is 4.90 Å². The molecule has 1 aromatic heterocycles. The van der Waals surface area contributed by atoms with E-state index in [1.54, 1.807) is 31.2 Å². The van der Waals surface area contributed by atoms with Crippen molar-refractivity contribution in [3.8, 4) is 0 Å². The van der Waals surface area contributed by atoms with Gasteiger partial charge in [0.25, 0.3) is 5.91 Å². The molecule has 0 aliphatic carbocycles. The summed E-state index contributed by atoms with van der Waals surface area (Å²) >= 11 is 0. The second-order valence-electron chi connectivity index (χ2n) is 4.48. The molecule has 0 fully saturated rings. The number of benzene rings is 1. The monoisotopic (exact) mass is 285 g/mol. The van der Waals surface area contributed by atoms with E-state index < -0.39 is 5.97 Å². The minimum Gasteiger partial charge on any atom is -0.481 e. The number of hydrogen-bond acceptors (Lipinski definition) is 4. The van der Waals surface area contributed by atoms with Crippen LogP contribution in [0.3, 0.4) is 0 Å². The maximum atomic E-state index is 12.5. The smallest absolute Gasteiger partial charge is 0.305 e. The quantitative estimate of drug-likeness (QED) is 0.907. The Balaban J connectivity index is 2.28. The number of aromatic nitrogens is 2. The van der Waals surface area contributed by atoms with Gasteiger partial charge in [0, 0.05) is 18.4 Å². The van der Waals surface area contributed by atoms with Gasteiger partial charge >= 0.3 is 5.97 Å². The van der Waals surface area contributed by atoms with Crippen LogP contribution in [0.4, 0.5) is 5.69 Å². The zero-order valence-corrected chi connectivity index (χ0v) is 11.6. The van der Waals surface area contributed by atoms with Gasteiger partial charge in [-0.15, -0.1) is 0 Å². The molecule has 0 spiro atoms. The van der Waals surface area contributed by atoms with Crippen molar-refractivity contribution in [2.75, 3.05) is 11.4 Å². The molecular weight excluding hydrogens is 270 g/mol. The van der Waals surface area contributed by atoms with E-state index in [4.69, 9.17) is 5.11 Å². The zero-order valence-electron chi connectivity index (χ0n) is 11.6. The van der Waals surface area contributed by atoms with Crippen molar-refractivity contribution in [3.63, 3.8) is 0 Å². The molecule has 21 heavy (non-hydrogen) atoms. The number of rotatable bonds is 5. The van der Waals surface area contributed by atoms with Gasteiger partial charge in [0.1, 0.15) is 5.69 Å². The normalized spacial score (nSPS) is 10.1. The number of nitrogens with zero attached hydrogens (tertiary/aromatic N) is 3. The Morgan fingerprint density at radius 2 is 1.86 bits per heavy atom. The molecule has 0 atom stereocenters. The minimum atomic E-state index is -0.960. The zero-order chi connectivity index (χ0) is 15.2. The van der Waals surface area contributed by atoms with Crippen molar-refractivity contribution in [3.05, 3.63) is 54.1 Å². The third-order valence-corrected chi connectivity index (χ3v) is 2.86. The third kappa shape index (κ3) is 3.85. The Hall–Kier alpha value is -2.76. The van der Waals surface area contributed by atoms with Crippen LogP contribution in [0.15, 0.2) is 42.7 Å². The second-order valence-corrected chi connectivity index (χ2v) is 4.48. The molecule has 1 heterocycles. The summed E-state index contributed by atoms with van der Waals surface area (Å²) in [7, 11) is 0. The molecule has 1 N–H and O–H groups in total. The van der Waals surface area contributed by atoms with Crippen molar-refractivity contribution in [2.45, 2.75) is 13.3 Å². The molecule has 1 amide bonds. The maximum Gasteiger partial charge on any atom is 0.305 e. The Morgan fingerprint density at radius 1 is 1.14 bits per heavy atom. The van der Waals surface area contributed by atoms with Gasteiger partial charge in [0.15, 0.2) is 0 Å². The van der Waals surface area contributed by atoms with Crippen LogP contribution in [0.1, 0.15) is 22.6 Å². The standard InChI is InChI=1S/C15H15N3O3/c1-11-9-17-13(10-16-11)15(21)18(8-7-14(19)20)12-5-3-2-4-6-12/h2-6,9-10H,7-8H2,1H3,(H,19,20). The van der Waals surface area contributed by atoms with Gasteiger partial charge in [-0.1, -0.05) is 18.2 Å². The van der Waals surface area contributed by atoms with Crippen molar-refractivity contribution < 1.29 is 14.7 Å². The Kier molecular flexibility index (Phi) is 4.61. The number of carboxylic acid groups (broad SMARTS) is 1. The minimum absolute atomic E-state index is 0.0771. The van der Waals surface area contributed by atoms with Crippen LogP contribution in [0.25, 0.3) is 0 Å². The van der Waals surface area contributed by atoms with Gasteiger partial charge in [0.2, 0.25) is 0 Å². The highest BCUT2D eigenvalue weighted by molar-refractivity contribution is 6.04. The maximum absolute atomic E-state index is 12.5. The first kappa shape index (κ1) is 14.6. The molecular formula is C15H15N3O3. The average molecular weight is 285 g/mol. The predicted molar refractivity (Wildman–Crippen MR) is 77.1 cm³/mol. The SMILES string of the molecule is Cc1cnc(C(=O)N(CCC(=O)O)c2ccccc2)cn1. The molecule has 2 aromatic rings. The van der Waals surface area contributed by atoms with Crippen molar-refractivity contribution in [1.29, 1.82) is 0 Å². The van der Waals surface area contributed by atoms with E-state index in [0.717, 1.165) is 0 Å². The van der Waals surface area contributed by atoms with Crippen LogP contribution in [0.5, 0.6) is 0 Å². The predicted octanol–water partition coefficient (Wildman–Crippen LogP) is 1.91. The first-order valence-corrected chi connectivity index (χ1v) is 6.45. The summed E-state index contributed by atoms with van der Waals surface area (Å²) in [5, 5.41) is 8.83. The van der Waals surface area contributed by atoms with Crippen molar-refractivity contribution >= 4 is 17.6 Å². The molecule has 0 saturated carbocycles. The molecule has 1 aromatic carbocycles. The Labute approximate surface area is 122 Å². The summed E-state index contributed by atoms with van der Waals surface area (Å²) in [6, 6.07) is 8.91. The fraction of sp³-hybridized carbons (Fsp3) is 0.200. The number of aryl methyl sites for hydroxylation is 1. The fourth-order valence-electron chi connectivity index (χ4n) is 1.80. The van der Waals surface area contributed by atoms with Crippen LogP contribution in [0.2, 0.25) is 0 Å². The van der Waals surface area contributed by atoms with E-state index in [1.165, 1.54) is 17.3 Å². The van der Waals surface area contributed by atoms with E-state index in [2.05, 4.69) is 9.97 Å². The van der Waals surface area contributed by atoms with E-state index in [-0.39, 0.29) is 24.6 Å². The van der Waals surface area contributed by atoms with Crippen LogP contribution in [0, 0.1) is 6.92 Å². The van der Waals surface area contributed by atoms with E-state index in [0.29, 0.717) is 11.4 Å². The molecule has 6 heteroatoms. The first-order valence-electron chi connectivity index (χ1n) is 6.45. The van der Waals surface area contributed by atoms with Gasteiger partial charge < -0.3 is 10.0 Å².